The Hall–Kier alpha value is -2.71. The van der Waals surface area contributed by atoms with Gasteiger partial charge in [0, 0.05) is 6.42 Å². The van der Waals surface area contributed by atoms with Crippen LogP contribution in [0.5, 0.6) is 0 Å². The van der Waals surface area contributed by atoms with Crippen LogP contribution in [0.3, 0.4) is 0 Å². The number of aryl methyl sites for hydroxylation is 1. The first-order valence-electron chi connectivity index (χ1n) is 8.95. The second-order valence-corrected chi connectivity index (χ2v) is 8.21. The van der Waals surface area contributed by atoms with E-state index in [1.807, 2.05) is 32.0 Å². The summed E-state index contributed by atoms with van der Waals surface area (Å²) in [6, 6.07) is 12.3. The fourth-order valence-corrected chi connectivity index (χ4v) is 3.54. The Kier molecular flexibility index (Phi) is 5.81. The lowest BCUT2D eigenvalue weighted by Crippen LogP contribution is -2.11. The van der Waals surface area contributed by atoms with Gasteiger partial charge in [-0.2, -0.15) is 0 Å². The summed E-state index contributed by atoms with van der Waals surface area (Å²) in [6.07, 6.45) is 1.17. The van der Waals surface area contributed by atoms with Gasteiger partial charge in [0.15, 0.2) is 6.10 Å². The molecule has 1 aliphatic heterocycles. The first kappa shape index (κ1) is 20.0. The second-order valence-electron chi connectivity index (χ2n) is 6.65. The maximum absolute atomic E-state index is 11.6. The molecule has 0 bridgehead atoms. The van der Waals surface area contributed by atoms with Crippen LogP contribution in [-0.2, 0) is 24.4 Å². The van der Waals surface area contributed by atoms with Crippen LogP contribution in [0, 0.1) is 6.92 Å². The molecule has 2 N–H and O–H groups in total. The van der Waals surface area contributed by atoms with Crippen LogP contribution in [0.4, 0.5) is 0 Å². The largest absolute Gasteiger partial charge is 0.408 e. The number of primary sulfonamides is 1. The first-order chi connectivity index (χ1) is 13.3. The third-order valence-corrected chi connectivity index (χ3v) is 5.39. The second kappa shape index (κ2) is 8.12. The predicted molar refractivity (Wildman–Crippen MR) is 105 cm³/mol. The number of nitrogens with zero attached hydrogens (tertiary/aromatic N) is 1. The Morgan fingerprint density at radius 1 is 1.21 bits per heavy atom. The Morgan fingerprint density at radius 2 is 1.89 bits per heavy atom. The van der Waals surface area contributed by atoms with Crippen LogP contribution in [-0.4, -0.2) is 20.3 Å². The van der Waals surface area contributed by atoms with Crippen LogP contribution in [0.15, 0.2) is 52.5 Å². The average molecular weight is 402 g/mol. The quantitative estimate of drug-likeness (QED) is 0.771. The number of carbonyl (C=O) groups is 1. The molecule has 0 saturated carbocycles. The Balaban J connectivity index is 1.72. The Labute approximate surface area is 164 Å². The summed E-state index contributed by atoms with van der Waals surface area (Å²) in [4.78, 5) is 17.1. The van der Waals surface area contributed by atoms with Crippen molar-refractivity contribution in [3.8, 4) is 11.1 Å². The van der Waals surface area contributed by atoms with Gasteiger partial charge in [-0.05, 0) is 47.7 Å². The molecule has 2 aromatic rings. The molecule has 0 fully saturated rings. The molecule has 7 nitrogen and oxygen atoms in total. The number of sulfonamides is 1. The van der Waals surface area contributed by atoms with E-state index in [1.54, 1.807) is 12.1 Å². The van der Waals surface area contributed by atoms with E-state index in [-0.39, 0.29) is 17.0 Å². The van der Waals surface area contributed by atoms with Crippen molar-refractivity contribution in [2.24, 2.45) is 10.3 Å². The standard InChI is InChI=1S/C20H22N2O5S/c1-3-4-20(23)26-19-12-18(27-22-19)17-10-7-15(11-13(17)2)14-5-8-16(9-6-14)28(21,24)25/h5-11,18H,3-4,12H2,1-2H3,(H2,21,24,25). The van der Waals surface area contributed by atoms with Gasteiger partial charge in [-0.15, -0.1) is 0 Å². The highest BCUT2D eigenvalue weighted by Crippen LogP contribution is 2.32. The minimum absolute atomic E-state index is 0.0752. The predicted octanol–water partition coefficient (Wildman–Crippen LogP) is 3.43. The zero-order chi connectivity index (χ0) is 20.3. The van der Waals surface area contributed by atoms with E-state index in [2.05, 4.69) is 5.16 Å². The van der Waals surface area contributed by atoms with Crippen LogP contribution >= 0.6 is 0 Å². The monoisotopic (exact) mass is 402 g/mol. The average Bonchev–Trinajstić information content (AvgIpc) is 3.09. The maximum Gasteiger partial charge on any atom is 0.312 e. The number of hydrogen-bond donors (Lipinski definition) is 1. The van der Waals surface area contributed by atoms with Crippen LogP contribution < -0.4 is 5.14 Å². The number of benzene rings is 2. The van der Waals surface area contributed by atoms with Crippen molar-refractivity contribution in [3.05, 3.63) is 53.6 Å². The SMILES string of the molecule is CCCC(=O)OC1=NOC(c2ccc(-c3ccc(S(N)(=O)=O)cc3)cc2C)C1. The van der Waals surface area contributed by atoms with E-state index < -0.39 is 10.0 Å². The minimum atomic E-state index is -3.71. The van der Waals surface area contributed by atoms with Crippen molar-refractivity contribution < 1.29 is 22.8 Å². The molecule has 2 aromatic carbocycles. The van der Waals surface area contributed by atoms with Gasteiger partial charge in [-0.3, -0.25) is 4.79 Å². The minimum Gasteiger partial charge on any atom is -0.408 e. The topological polar surface area (TPSA) is 108 Å². The van der Waals surface area contributed by atoms with Gasteiger partial charge >= 0.3 is 5.97 Å². The molecular weight excluding hydrogens is 380 g/mol. The molecule has 0 aliphatic carbocycles. The molecule has 8 heteroatoms. The molecule has 1 heterocycles. The van der Waals surface area contributed by atoms with E-state index in [4.69, 9.17) is 14.7 Å². The maximum atomic E-state index is 11.6. The summed E-state index contributed by atoms with van der Waals surface area (Å²) < 4.78 is 28.0. The molecule has 1 atom stereocenters. The lowest BCUT2D eigenvalue weighted by Gasteiger charge is -2.13. The summed E-state index contributed by atoms with van der Waals surface area (Å²) in [5, 5.41) is 9.01. The van der Waals surface area contributed by atoms with Crippen LogP contribution in [0.25, 0.3) is 11.1 Å². The lowest BCUT2D eigenvalue weighted by molar-refractivity contribution is -0.135. The molecule has 3 rings (SSSR count). The van der Waals surface area contributed by atoms with Gasteiger partial charge in [0.1, 0.15) is 0 Å². The fraction of sp³-hybridized carbons (Fsp3) is 0.300. The van der Waals surface area contributed by atoms with E-state index in [9.17, 15) is 13.2 Å². The van der Waals surface area contributed by atoms with E-state index >= 15 is 0 Å². The van der Waals surface area contributed by atoms with E-state index in [0.717, 1.165) is 28.7 Å². The van der Waals surface area contributed by atoms with Crippen LogP contribution in [0.2, 0.25) is 0 Å². The Morgan fingerprint density at radius 3 is 2.50 bits per heavy atom. The molecule has 0 spiro atoms. The van der Waals surface area contributed by atoms with E-state index in [0.29, 0.717) is 18.7 Å². The number of ether oxygens (including phenoxy) is 1. The van der Waals surface area contributed by atoms with Crippen molar-refractivity contribution >= 4 is 21.9 Å². The van der Waals surface area contributed by atoms with Crippen molar-refractivity contribution in [3.63, 3.8) is 0 Å². The van der Waals surface area contributed by atoms with Gasteiger partial charge in [0.2, 0.25) is 15.9 Å². The highest BCUT2D eigenvalue weighted by Gasteiger charge is 2.27. The number of rotatable bonds is 5. The van der Waals surface area contributed by atoms with Crippen molar-refractivity contribution in [2.75, 3.05) is 0 Å². The van der Waals surface area contributed by atoms with Crippen molar-refractivity contribution in [2.45, 2.75) is 44.1 Å². The molecule has 0 amide bonds. The summed E-state index contributed by atoms with van der Waals surface area (Å²) in [6.45, 7) is 3.87. The summed E-state index contributed by atoms with van der Waals surface area (Å²) >= 11 is 0. The van der Waals surface area contributed by atoms with Crippen molar-refractivity contribution in [1.29, 1.82) is 0 Å². The summed E-state index contributed by atoms with van der Waals surface area (Å²) in [7, 11) is -3.71. The first-order valence-corrected chi connectivity index (χ1v) is 10.5. The molecule has 0 saturated heterocycles. The van der Waals surface area contributed by atoms with Gasteiger partial charge in [-0.25, -0.2) is 13.6 Å². The van der Waals surface area contributed by atoms with E-state index in [1.165, 1.54) is 12.1 Å². The smallest absolute Gasteiger partial charge is 0.312 e. The Bertz CT molecular complexity index is 1010. The lowest BCUT2D eigenvalue weighted by atomic mass is 9.96. The number of oxime groups is 1. The third-order valence-electron chi connectivity index (χ3n) is 4.46. The molecule has 0 radical (unpaired) electrons. The number of nitrogens with two attached hydrogens (primary N) is 1. The van der Waals surface area contributed by atoms with Gasteiger partial charge < -0.3 is 9.57 Å². The number of hydrogen-bond acceptors (Lipinski definition) is 6. The summed E-state index contributed by atoms with van der Waals surface area (Å²) in [5.74, 6) is -0.00832. The molecular formula is C20H22N2O5S. The van der Waals surface area contributed by atoms with Gasteiger partial charge in [0.05, 0.1) is 11.3 Å². The molecule has 1 unspecified atom stereocenters. The third kappa shape index (κ3) is 4.58. The number of esters is 1. The highest BCUT2D eigenvalue weighted by atomic mass is 32.2. The van der Waals surface area contributed by atoms with Gasteiger partial charge in [-0.1, -0.05) is 42.4 Å². The molecule has 148 valence electrons. The molecule has 1 aliphatic rings. The molecule has 0 aromatic heterocycles. The zero-order valence-electron chi connectivity index (χ0n) is 15.7. The molecule has 28 heavy (non-hydrogen) atoms. The highest BCUT2D eigenvalue weighted by molar-refractivity contribution is 7.89. The zero-order valence-corrected chi connectivity index (χ0v) is 16.5. The summed E-state index contributed by atoms with van der Waals surface area (Å²) in [5.41, 5.74) is 3.76. The fourth-order valence-electron chi connectivity index (χ4n) is 3.02. The number of carbonyl (C=O) groups excluding carboxylic acids is 1. The normalized spacial score (nSPS) is 16.4. The van der Waals surface area contributed by atoms with Crippen molar-refractivity contribution in [1.82, 2.24) is 0 Å². The van der Waals surface area contributed by atoms with Gasteiger partial charge in [0.25, 0.3) is 0 Å². The van der Waals surface area contributed by atoms with Crippen LogP contribution in [0.1, 0.15) is 43.4 Å².